The number of ether oxygens (including phenoxy) is 1. The van der Waals surface area contributed by atoms with E-state index in [0.717, 1.165) is 16.7 Å². The Morgan fingerprint density at radius 1 is 1.10 bits per heavy atom. The molecule has 0 amide bonds. The van der Waals surface area contributed by atoms with E-state index in [1.54, 1.807) is 19.1 Å². The van der Waals surface area contributed by atoms with Crippen LogP contribution in [0.25, 0.3) is 11.1 Å². The van der Waals surface area contributed by atoms with E-state index in [1.165, 1.54) is 0 Å². The van der Waals surface area contributed by atoms with Gasteiger partial charge in [0.05, 0.1) is 0 Å². The van der Waals surface area contributed by atoms with E-state index in [-0.39, 0.29) is 0 Å². The molecule has 4 heteroatoms. The average molecular weight is 285 g/mol. The van der Waals surface area contributed by atoms with Crippen molar-refractivity contribution >= 4 is 5.97 Å². The van der Waals surface area contributed by atoms with Crippen LogP contribution in [0.2, 0.25) is 0 Å². The minimum atomic E-state index is -0.945. The molecule has 0 aliphatic carbocycles. The van der Waals surface area contributed by atoms with Crippen molar-refractivity contribution in [3.8, 4) is 16.9 Å². The van der Waals surface area contributed by atoms with Crippen LogP contribution >= 0.6 is 0 Å². The van der Waals surface area contributed by atoms with Gasteiger partial charge in [0.1, 0.15) is 5.75 Å². The van der Waals surface area contributed by atoms with Crippen molar-refractivity contribution in [3.05, 3.63) is 54.1 Å². The number of hydrogen-bond donors (Lipinski definition) is 2. The largest absolute Gasteiger partial charge is 0.479 e. The molecule has 0 fully saturated rings. The van der Waals surface area contributed by atoms with Gasteiger partial charge in [-0.2, -0.15) is 0 Å². The first-order chi connectivity index (χ1) is 10.1. The molecule has 1 unspecified atom stereocenters. The Bertz CT molecular complexity index is 590. The molecular formula is C17H19NO3. The van der Waals surface area contributed by atoms with Gasteiger partial charge in [0, 0.05) is 6.54 Å². The Balaban J connectivity index is 2.12. The standard InChI is InChI=1S/C17H19NO3/c1-2-16(17(19)20)21-15-9-7-14(8-10-15)13-5-3-12(11-18)4-6-13/h3-10,16H,2,11,18H2,1H3,(H,19,20). The molecule has 0 aromatic heterocycles. The molecule has 0 spiro atoms. The Morgan fingerprint density at radius 3 is 2.05 bits per heavy atom. The third-order valence-electron chi connectivity index (χ3n) is 3.30. The third kappa shape index (κ3) is 3.83. The predicted molar refractivity (Wildman–Crippen MR) is 82.1 cm³/mol. The van der Waals surface area contributed by atoms with Gasteiger partial charge in [-0.05, 0) is 35.2 Å². The van der Waals surface area contributed by atoms with Crippen LogP contribution in [-0.2, 0) is 11.3 Å². The Labute approximate surface area is 124 Å². The molecule has 0 saturated heterocycles. The van der Waals surface area contributed by atoms with E-state index >= 15 is 0 Å². The van der Waals surface area contributed by atoms with Gasteiger partial charge in [-0.15, -0.1) is 0 Å². The zero-order valence-corrected chi connectivity index (χ0v) is 12.0. The lowest BCUT2D eigenvalue weighted by Crippen LogP contribution is -2.25. The number of carboxylic acid groups (broad SMARTS) is 1. The van der Waals surface area contributed by atoms with Crippen molar-refractivity contribution in [3.63, 3.8) is 0 Å². The zero-order chi connectivity index (χ0) is 15.2. The summed E-state index contributed by atoms with van der Waals surface area (Å²) in [5.41, 5.74) is 8.80. The second kappa shape index (κ2) is 6.90. The molecule has 110 valence electrons. The minimum absolute atomic E-state index is 0.428. The van der Waals surface area contributed by atoms with Crippen LogP contribution < -0.4 is 10.5 Å². The highest BCUT2D eigenvalue weighted by Gasteiger charge is 2.16. The zero-order valence-electron chi connectivity index (χ0n) is 12.0. The first-order valence-electron chi connectivity index (χ1n) is 6.93. The summed E-state index contributed by atoms with van der Waals surface area (Å²) in [4.78, 5) is 10.9. The van der Waals surface area contributed by atoms with Crippen molar-refractivity contribution in [1.82, 2.24) is 0 Å². The van der Waals surface area contributed by atoms with Gasteiger partial charge in [0.25, 0.3) is 0 Å². The topological polar surface area (TPSA) is 72.5 Å². The number of carbonyl (C=O) groups is 1. The summed E-state index contributed by atoms with van der Waals surface area (Å²) in [6, 6.07) is 15.4. The maximum atomic E-state index is 10.9. The molecule has 0 radical (unpaired) electrons. The fourth-order valence-electron chi connectivity index (χ4n) is 2.03. The highest BCUT2D eigenvalue weighted by atomic mass is 16.5. The van der Waals surface area contributed by atoms with Gasteiger partial charge >= 0.3 is 5.97 Å². The number of hydrogen-bond acceptors (Lipinski definition) is 3. The van der Waals surface area contributed by atoms with Crippen LogP contribution in [0.1, 0.15) is 18.9 Å². The molecule has 4 nitrogen and oxygen atoms in total. The summed E-state index contributed by atoms with van der Waals surface area (Å²) in [5, 5.41) is 8.98. The monoisotopic (exact) mass is 285 g/mol. The second-order valence-corrected chi connectivity index (χ2v) is 4.78. The van der Waals surface area contributed by atoms with Gasteiger partial charge in [0.15, 0.2) is 6.10 Å². The molecule has 2 aromatic carbocycles. The number of aliphatic carboxylic acids is 1. The van der Waals surface area contributed by atoms with Crippen LogP contribution in [0.3, 0.4) is 0 Å². The maximum Gasteiger partial charge on any atom is 0.344 e. The van der Waals surface area contributed by atoms with E-state index < -0.39 is 12.1 Å². The third-order valence-corrected chi connectivity index (χ3v) is 3.30. The summed E-state index contributed by atoms with van der Waals surface area (Å²) >= 11 is 0. The Hall–Kier alpha value is -2.33. The molecular weight excluding hydrogens is 266 g/mol. The fraction of sp³-hybridized carbons (Fsp3) is 0.235. The van der Waals surface area contributed by atoms with Crippen molar-refractivity contribution in [2.45, 2.75) is 26.0 Å². The molecule has 0 saturated carbocycles. The van der Waals surface area contributed by atoms with E-state index in [2.05, 4.69) is 0 Å². The summed E-state index contributed by atoms with van der Waals surface area (Å²) in [7, 11) is 0. The Kier molecular flexibility index (Phi) is 4.95. The molecule has 0 aliphatic rings. The summed E-state index contributed by atoms with van der Waals surface area (Å²) in [6.45, 7) is 2.31. The lowest BCUT2D eigenvalue weighted by Gasteiger charge is -2.13. The maximum absolute atomic E-state index is 10.9. The van der Waals surface area contributed by atoms with Gasteiger partial charge in [-0.3, -0.25) is 0 Å². The van der Waals surface area contributed by atoms with Crippen molar-refractivity contribution < 1.29 is 14.6 Å². The first kappa shape index (κ1) is 15.1. The normalized spacial score (nSPS) is 11.9. The van der Waals surface area contributed by atoms with E-state index in [0.29, 0.717) is 18.7 Å². The van der Waals surface area contributed by atoms with E-state index in [9.17, 15) is 4.79 Å². The molecule has 1 atom stereocenters. The highest BCUT2D eigenvalue weighted by molar-refractivity contribution is 5.72. The molecule has 0 heterocycles. The summed E-state index contributed by atoms with van der Waals surface area (Å²) < 4.78 is 5.44. The first-order valence-corrected chi connectivity index (χ1v) is 6.93. The van der Waals surface area contributed by atoms with Crippen LogP contribution in [0.15, 0.2) is 48.5 Å². The molecule has 21 heavy (non-hydrogen) atoms. The van der Waals surface area contributed by atoms with Crippen LogP contribution in [0, 0.1) is 0 Å². The fourth-order valence-corrected chi connectivity index (χ4v) is 2.03. The lowest BCUT2D eigenvalue weighted by atomic mass is 10.0. The molecule has 2 rings (SSSR count). The number of nitrogens with two attached hydrogens (primary N) is 1. The molecule has 0 aliphatic heterocycles. The number of rotatable bonds is 6. The Morgan fingerprint density at radius 2 is 1.62 bits per heavy atom. The quantitative estimate of drug-likeness (QED) is 0.855. The van der Waals surface area contributed by atoms with E-state index in [1.807, 2.05) is 36.4 Å². The molecule has 3 N–H and O–H groups in total. The van der Waals surface area contributed by atoms with E-state index in [4.69, 9.17) is 15.6 Å². The van der Waals surface area contributed by atoms with Crippen molar-refractivity contribution in [2.75, 3.05) is 0 Å². The molecule has 0 bridgehead atoms. The van der Waals surface area contributed by atoms with Crippen LogP contribution in [-0.4, -0.2) is 17.2 Å². The van der Waals surface area contributed by atoms with Gasteiger partial charge in [-0.25, -0.2) is 4.79 Å². The van der Waals surface area contributed by atoms with Crippen molar-refractivity contribution in [2.24, 2.45) is 5.73 Å². The van der Waals surface area contributed by atoms with Gasteiger partial charge in [0.2, 0.25) is 0 Å². The SMILES string of the molecule is CCC(Oc1ccc(-c2ccc(CN)cc2)cc1)C(=O)O. The second-order valence-electron chi connectivity index (χ2n) is 4.78. The smallest absolute Gasteiger partial charge is 0.344 e. The summed E-state index contributed by atoms with van der Waals surface area (Å²) in [6.07, 6.45) is -0.378. The highest BCUT2D eigenvalue weighted by Crippen LogP contribution is 2.23. The number of carboxylic acids is 1. The van der Waals surface area contributed by atoms with Crippen molar-refractivity contribution in [1.29, 1.82) is 0 Å². The van der Waals surface area contributed by atoms with Crippen LogP contribution in [0.5, 0.6) is 5.75 Å². The van der Waals surface area contributed by atoms with Gasteiger partial charge < -0.3 is 15.6 Å². The van der Waals surface area contributed by atoms with Crippen LogP contribution in [0.4, 0.5) is 0 Å². The number of benzene rings is 2. The molecule has 2 aromatic rings. The van der Waals surface area contributed by atoms with Gasteiger partial charge in [-0.1, -0.05) is 43.3 Å². The average Bonchev–Trinajstić information content (AvgIpc) is 2.53. The minimum Gasteiger partial charge on any atom is -0.479 e. The summed E-state index contributed by atoms with van der Waals surface area (Å²) in [5.74, 6) is -0.384. The predicted octanol–water partition coefficient (Wildman–Crippen LogP) is 3.05. The lowest BCUT2D eigenvalue weighted by molar-refractivity contribution is -0.145.